The number of rotatable bonds is 6. The maximum Gasteiger partial charge on any atom is 0.204 e. The zero-order valence-corrected chi connectivity index (χ0v) is 18.8. The number of nitrogen functional groups attached to an aromatic ring is 1. The lowest BCUT2D eigenvalue weighted by Crippen LogP contribution is -2.56. The van der Waals surface area contributed by atoms with Crippen LogP contribution in [0, 0.1) is 12.8 Å². The van der Waals surface area contributed by atoms with Gasteiger partial charge in [0.1, 0.15) is 11.1 Å². The summed E-state index contributed by atoms with van der Waals surface area (Å²) < 4.78 is 5.68. The number of nitrogens with zero attached hydrogens (tertiary/aromatic N) is 3. The van der Waals surface area contributed by atoms with Crippen molar-refractivity contribution in [3.05, 3.63) is 46.9 Å². The molecule has 3 aromatic heterocycles. The van der Waals surface area contributed by atoms with Crippen LogP contribution in [0.25, 0.3) is 11.1 Å². The highest BCUT2D eigenvalue weighted by Crippen LogP contribution is 2.32. The molecular formula is C24H31N5O3. The summed E-state index contributed by atoms with van der Waals surface area (Å²) in [7, 11) is 0. The van der Waals surface area contributed by atoms with Gasteiger partial charge < -0.3 is 25.9 Å². The Labute approximate surface area is 187 Å². The topological polar surface area (TPSA) is 132 Å². The first-order valence-electron chi connectivity index (χ1n) is 11.1. The van der Waals surface area contributed by atoms with Crippen molar-refractivity contribution in [2.24, 2.45) is 11.7 Å². The minimum absolute atomic E-state index is 0.0184. The summed E-state index contributed by atoms with van der Waals surface area (Å²) in [5, 5.41) is 10.3. The first-order chi connectivity index (χ1) is 15.3. The zero-order chi connectivity index (χ0) is 23.0. The van der Waals surface area contributed by atoms with E-state index in [0.717, 1.165) is 35.2 Å². The summed E-state index contributed by atoms with van der Waals surface area (Å²) in [6, 6.07) is 1.55. The lowest BCUT2D eigenvalue weighted by atomic mass is 9.91. The van der Waals surface area contributed by atoms with Crippen molar-refractivity contribution >= 4 is 28.5 Å². The van der Waals surface area contributed by atoms with Gasteiger partial charge in [0.05, 0.1) is 6.10 Å². The van der Waals surface area contributed by atoms with Crippen molar-refractivity contribution in [3.8, 4) is 0 Å². The first-order valence-corrected chi connectivity index (χ1v) is 11.1. The second-order valence-electron chi connectivity index (χ2n) is 8.88. The molecule has 1 aliphatic rings. The number of aryl methyl sites for hydroxylation is 2. The van der Waals surface area contributed by atoms with Crippen LogP contribution in [0.4, 0.5) is 11.6 Å². The van der Waals surface area contributed by atoms with Crippen LogP contribution >= 0.6 is 0 Å². The van der Waals surface area contributed by atoms with Crippen LogP contribution in [0.2, 0.25) is 0 Å². The molecule has 0 saturated carbocycles. The molecule has 0 spiro atoms. The number of Topliss-reactive ketones (excluding diaryl/α,β-unsaturated/α-hetero) is 1. The highest BCUT2D eigenvalue weighted by atomic mass is 16.3. The standard InChI is InChI=1S/C24H31N5O3/c1-4-5-15-6-19-21(28-9-15)20(24(26)32-19)18(30)7-16-10-27-8-13(2)22(16)29-11-14(3)23(31)17(25)12-29/h6,8-10,14,17,23,31H,4-5,7,11-12,25-26H2,1-3H3/t14-,17+,23+/m0/s1. The van der Waals surface area contributed by atoms with Crippen LogP contribution in [0.5, 0.6) is 0 Å². The van der Waals surface area contributed by atoms with Gasteiger partial charge in [0.25, 0.3) is 0 Å². The quantitative estimate of drug-likeness (QED) is 0.502. The number of piperidine rings is 1. The summed E-state index contributed by atoms with van der Waals surface area (Å²) in [4.78, 5) is 24.3. The summed E-state index contributed by atoms with van der Waals surface area (Å²) in [6.45, 7) is 7.21. The first kappa shape index (κ1) is 22.2. The molecule has 0 unspecified atom stereocenters. The summed E-state index contributed by atoms with van der Waals surface area (Å²) in [5.41, 5.74) is 17.4. The van der Waals surface area contributed by atoms with E-state index in [1.54, 1.807) is 18.6 Å². The van der Waals surface area contributed by atoms with Crippen molar-refractivity contribution < 1.29 is 14.3 Å². The minimum atomic E-state index is -0.542. The molecule has 8 heteroatoms. The Morgan fingerprint density at radius 1 is 1.31 bits per heavy atom. The Bertz CT molecular complexity index is 1130. The number of carbonyl (C=O) groups is 1. The fraction of sp³-hybridized carbons (Fsp3) is 0.458. The molecule has 0 aromatic carbocycles. The Kier molecular flexibility index (Phi) is 6.17. The molecular weight excluding hydrogens is 406 g/mol. The zero-order valence-electron chi connectivity index (χ0n) is 18.8. The predicted molar refractivity (Wildman–Crippen MR) is 125 cm³/mol. The van der Waals surface area contributed by atoms with E-state index >= 15 is 0 Å². The van der Waals surface area contributed by atoms with E-state index < -0.39 is 6.10 Å². The Hall–Kier alpha value is -2.97. The fourth-order valence-corrected chi connectivity index (χ4v) is 4.69. The van der Waals surface area contributed by atoms with E-state index in [-0.39, 0.29) is 30.0 Å². The van der Waals surface area contributed by atoms with Crippen molar-refractivity contribution in [1.82, 2.24) is 9.97 Å². The number of aliphatic hydroxyl groups excluding tert-OH is 1. The summed E-state index contributed by atoms with van der Waals surface area (Å²) in [6.07, 6.45) is 6.72. The van der Waals surface area contributed by atoms with E-state index in [4.69, 9.17) is 15.9 Å². The van der Waals surface area contributed by atoms with E-state index in [2.05, 4.69) is 21.8 Å². The minimum Gasteiger partial charge on any atom is -0.438 e. The Balaban J connectivity index is 1.66. The van der Waals surface area contributed by atoms with Crippen LogP contribution in [0.1, 0.15) is 47.3 Å². The Morgan fingerprint density at radius 2 is 2.09 bits per heavy atom. The highest BCUT2D eigenvalue weighted by molar-refractivity contribution is 6.10. The average Bonchev–Trinajstić information content (AvgIpc) is 3.07. The van der Waals surface area contributed by atoms with Crippen molar-refractivity contribution in [1.29, 1.82) is 0 Å². The molecule has 5 N–H and O–H groups in total. The van der Waals surface area contributed by atoms with Gasteiger partial charge in [-0.2, -0.15) is 0 Å². The number of carbonyl (C=O) groups excluding carboxylic acids is 1. The average molecular weight is 438 g/mol. The number of furan rings is 1. The van der Waals surface area contributed by atoms with E-state index in [1.807, 2.05) is 19.9 Å². The second kappa shape index (κ2) is 8.88. The van der Waals surface area contributed by atoms with Gasteiger partial charge in [0.15, 0.2) is 11.4 Å². The number of aliphatic hydroxyl groups is 1. The maximum atomic E-state index is 13.4. The molecule has 8 nitrogen and oxygen atoms in total. The van der Waals surface area contributed by atoms with Gasteiger partial charge in [0, 0.05) is 61.3 Å². The van der Waals surface area contributed by atoms with Crippen LogP contribution in [-0.4, -0.2) is 46.1 Å². The smallest absolute Gasteiger partial charge is 0.204 e. The maximum absolute atomic E-state index is 13.4. The van der Waals surface area contributed by atoms with Gasteiger partial charge in [-0.15, -0.1) is 0 Å². The molecule has 1 fully saturated rings. The lowest BCUT2D eigenvalue weighted by molar-refractivity contribution is 0.0784. The normalized spacial score (nSPS) is 21.3. The number of aromatic nitrogens is 2. The highest BCUT2D eigenvalue weighted by Gasteiger charge is 2.33. The third kappa shape index (κ3) is 4.08. The van der Waals surface area contributed by atoms with Gasteiger partial charge in [0.2, 0.25) is 5.88 Å². The molecule has 170 valence electrons. The molecule has 32 heavy (non-hydrogen) atoms. The summed E-state index contributed by atoms with van der Waals surface area (Å²) >= 11 is 0. The van der Waals surface area contributed by atoms with Crippen molar-refractivity contribution in [2.75, 3.05) is 23.7 Å². The van der Waals surface area contributed by atoms with Gasteiger partial charge in [-0.1, -0.05) is 20.3 Å². The van der Waals surface area contributed by atoms with Gasteiger partial charge in [-0.25, -0.2) is 0 Å². The molecule has 0 bridgehead atoms. The Morgan fingerprint density at radius 3 is 2.81 bits per heavy atom. The molecule has 0 aliphatic carbocycles. The number of pyridine rings is 2. The SMILES string of the molecule is CCCc1cnc2c(C(=O)Cc3cncc(C)c3N3C[C@@H](N)[C@H](O)[C@@H](C)C3)c(N)oc2c1. The van der Waals surface area contributed by atoms with Gasteiger partial charge in [-0.3, -0.25) is 14.8 Å². The number of nitrogens with two attached hydrogens (primary N) is 2. The third-order valence-corrected chi connectivity index (χ3v) is 6.23. The molecule has 1 saturated heterocycles. The largest absolute Gasteiger partial charge is 0.438 e. The second-order valence-corrected chi connectivity index (χ2v) is 8.88. The molecule has 0 radical (unpaired) electrons. The van der Waals surface area contributed by atoms with Crippen LogP contribution in [-0.2, 0) is 12.8 Å². The van der Waals surface area contributed by atoms with Crippen LogP contribution < -0.4 is 16.4 Å². The molecule has 4 rings (SSSR count). The van der Waals surface area contributed by atoms with E-state index in [0.29, 0.717) is 29.8 Å². The van der Waals surface area contributed by atoms with E-state index in [9.17, 15) is 9.90 Å². The monoisotopic (exact) mass is 437 g/mol. The molecule has 0 amide bonds. The third-order valence-electron chi connectivity index (χ3n) is 6.23. The van der Waals surface area contributed by atoms with Crippen LogP contribution in [0.15, 0.2) is 29.1 Å². The number of fused-ring (bicyclic) bond motifs is 1. The summed E-state index contributed by atoms with van der Waals surface area (Å²) in [5.74, 6) is -0.0603. The van der Waals surface area contributed by atoms with Crippen LogP contribution in [0.3, 0.4) is 0 Å². The molecule has 3 aromatic rings. The predicted octanol–water partition coefficient (Wildman–Crippen LogP) is 2.64. The number of anilines is 2. The lowest BCUT2D eigenvalue weighted by Gasteiger charge is -2.41. The molecule has 4 heterocycles. The fourth-order valence-electron chi connectivity index (χ4n) is 4.69. The van der Waals surface area contributed by atoms with Crippen molar-refractivity contribution in [2.45, 2.75) is 52.2 Å². The molecule has 1 aliphatic heterocycles. The number of ketones is 1. The molecule has 3 atom stereocenters. The van der Waals surface area contributed by atoms with Gasteiger partial charge >= 0.3 is 0 Å². The van der Waals surface area contributed by atoms with E-state index in [1.165, 1.54) is 0 Å². The number of hydrogen-bond acceptors (Lipinski definition) is 8. The van der Waals surface area contributed by atoms with Gasteiger partial charge in [-0.05, 0) is 30.5 Å². The number of hydrogen-bond donors (Lipinski definition) is 3. The van der Waals surface area contributed by atoms with Crippen molar-refractivity contribution in [3.63, 3.8) is 0 Å².